The van der Waals surface area contributed by atoms with Gasteiger partial charge in [0.1, 0.15) is 0 Å². The summed E-state index contributed by atoms with van der Waals surface area (Å²) in [5.74, 6) is 3.32. The first-order valence-corrected chi connectivity index (χ1v) is 8.37. The second-order valence-electron chi connectivity index (χ2n) is 5.66. The Hall–Kier alpha value is -1.70. The van der Waals surface area contributed by atoms with Gasteiger partial charge in [-0.2, -0.15) is 0 Å². The lowest BCUT2D eigenvalue weighted by Gasteiger charge is -2.36. The zero-order chi connectivity index (χ0) is 16.5. The van der Waals surface area contributed by atoms with Gasteiger partial charge in [0.25, 0.3) is 0 Å². The van der Waals surface area contributed by atoms with Crippen molar-refractivity contribution >= 4 is 17.6 Å². The van der Waals surface area contributed by atoms with Crippen molar-refractivity contribution in [2.75, 3.05) is 32.8 Å². The van der Waals surface area contributed by atoms with Crippen LogP contribution < -0.4 is 10.6 Å². The van der Waals surface area contributed by atoms with Gasteiger partial charge in [0.15, 0.2) is 5.96 Å². The summed E-state index contributed by atoms with van der Waals surface area (Å²) < 4.78 is 5.56. The second kappa shape index (κ2) is 8.81. The fraction of sp³-hybridized carbons (Fsp3) is 0.500. The van der Waals surface area contributed by atoms with Crippen molar-refractivity contribution in [2.45, 2.75) is 25.2 Å². The Labute approximate surface area is 143 Å². The SMILES string of the molecule is C#CCNC(=NCC1(c2cccc(Cl)c2)CCOCC1)NCC. The van der Waals surface area contributed by atoms with Crippen molar-refractivity contribution in [2.24, 2.45) is 4.99 Å². The smallest absolute Gasteiger partial charge is 0.192 e. The van der Waals surface area contributed by atoms with E-state index in [1.807, 2.05) is 25.1 Å². The molecule has 0 saturated carbocycles. The largest absolute Gasteiger partial charge is 0.381 e. The van der Waals surface area contributed by atoms with Crippen molar-refractivity contribution in [1.29, 1.82) is 0 Å². The Bertz CT molecular complexity index is 574. The molecule has 124 valence electrons. The number of halogens is 1. The van der Waals surface area contributed by atoms with E-state index in [-0.39, 0.29) is 5.41 Å². The molecule has 1 aromatic rings. The Balaban J connectivity index is 2.22. The molecule has 1 saturated heterocycles. The van der Waals surface area contributed by atoms with E-state index >= 15 is 0 Å². The number of nitrogens with zero attached hydrogens (tertiary/aromatic N) is 1. The van der Waals surface area contributed by atoms with Crippen LogP contribution in [0, 0.1) is 12.3 Å². The maximum absolute atomic E-state index is 6.19. The van der Waals surface area contributed by atoms with Gasteiger partial charge < -0.3 is 15.4 Å². The van der Waals surface area contributed by atoms with Gasteiger partial charge in [-0.3, -0.25) is 4.99 Å². The molecule has 1 aliphatic heterocycles. The Kier molecular flexibility index (Phi) is 6.76. The fourth-order valence-electron chi connectivity index (χ4n) is 2.83. The van der Waals surface area contributed by atoms with Gasteiger partial charge in [0.05, 0.1) is 13.1 Å². The predicted octanol–water partition coefficient (Wildman–Crippen LogP) is 2.58. The van der Waals surface area contributed by atoms with Crippen LogP contribution >= 0.6 is 11.6 Å². The van der Waals surface area contributed by atoms with E-state index in [2.05, 4.69) is 22.6 Å². The van der Waals surface area contributed by atoms with Crippen molar-refractivity contribution in [3.63, 3.8) is 0 Å². The highest BCUT2D eigenvalue weighted by Gasteiger charge is 2.34. The molecule has 1 heterocycles. The molecule has 5 heteroatoms. The first-order valence-electron chi connectivity index (χ1n) is 7.99. The fourth-order valence-corrected chi connectivity index (χ4v) is 3.02. The van der Waals surface area contributed by atoms with E-state index in [0.717, 1.165) is 43.6 Å². The lowest BCUT2D eigenvalue weighted by Crippen LogP contribution is -2.41. The molecule has 2 rings (SSSR count). The van der Waals surface area contributed by atoms with Crippen LogP contribution in [0.15, 0.2) is 29.3 Å². The maximum atomic E-state index is 6.19. The Morgan fingerprint density at radius 1 is 1.39 bits per heavy atom. The average molecular weight is 334 g/mol. The molecule has 0 atom stereocenters. The van der Waals surface area contributed by atoms with Crippen molar-refractivity contribution in [3.8, 4) is 12.3 Å². The Morgan fingerprint density at radius 2 is 2.17 bits per heavy atom. The minimum Gasteiger partial charge on any atom is -0.381 e. The predicted molar refractivity (Wildman–Crippen MR) is 96.0 cm³/mol. The van der Waals surface area contributed by atoms with E-state index in [0.29, 0.717) is 13.1 Å². The topological polar surface area (TPSA) is 45.7 Å². The lowest BCUT2D eigenvalue weighted by atomic mass is 9.74. The number of nitrogens with one attached hydrogen (secondary N) is 2. The molecule has 23 heavy (non-hydrogen) atoms. The first kappa shape index (κ1) is 17.7. The number of guanidine groups is 1. The minimum absolute atomic E-state index is 0.0400. The number of hydrogen-bond acceptors (Lipinski definition) is 2. The van der Waals surface area contributed by atoms with Crippen LogP contribution in [0.2, 0.25) is 5.02 Å². The zero-order valence-corrected chi connectivity index (χ0v) is 14.3. The van der Waals surface area contributed by atoms with Gasteiger partial charge in [-0.15, -0.1) is 6.42 Å². The summed E-state index contributed by atoms with van der Waals surface area (Å²) in [4.78, 5) is 4.75. The summed E-state index contributed by atoms with van der Waals surface area (Å²) in [6.45, 7) is 5.46. The molecular formula is C18H24ClN3O. The normalized spacial score (nSPS) is 17.3. The number of hydrogen-bond donors (Lipinski definition) is 2. The number of rotatable bonds is 5. The molecule has 1 aromatic carbocycles. The van der Waals surface area contributed by atoms with Gasteiger partial charge in [0, 0.05) is 30.2 Å². The highest BCUT2D eigenvalue weighted by Crippen LogP contribution is 2.36. The first-order chi connectivity index (χ1) is 11.2. The minimum atomic E-state index is -0.0400. The van der Waals surface area contributed by atoms with Gasteiger partial charge in [-0.1, -0.05) is 29.7 Å². The zero-order valence-electron chi connectivity index (χ0n) is 13.6. The third kappa shape index (κ3) is 4.89. The van der Waals surface area contributed by atoms with Crippen LogP contribution in [-0.2, 0) is 10.2 Å². The highest BCUT2D eigenvalue weighted by atomic mass is 35.5. The summed E-state index contributed by atoms with van der Waals surface area (Å²) >= 11 is 6.19. The van der Waals surface area contributed by atoms with Crippen molar-refractivity contribution < 1.29 is 4.74 Å². The van der Waals surface area contributed by atoms with Crippen LogP contribution in [-0.4, -0.2) is 38.8 Å². The van der Waals surface area contributed by atoms with E-state index in [9.17, 15) is 0 Å². The van der Waals surface area contributed by atoms with Crippen LogP contribution in [0.3, 0.4) is 0 Å². The standard InChI is InChI=1S/C18H24ClN3O/c1-3-10-21-17(20-4-2)22-14-18(8-11-23-12-9-18)15-6-5-7-16(19)13-15/h1,5-7,13H,4,8-12,14H2,2H3,(H2,20,21,22). The molecule has 1 fully saturated rings. The molecule has 0 bridgehead atoms. The average Bonchev–Trinajstić information content (AvgIpc) is 2.58. The van der Waals surface area contributed by atoms with Crippen LogP contribution in [0.4, 0.5) is 0 Å². The highest BCUT2D eigenvalue weighted by molar-refractivity contribution is 6.30. The molecule has 0 aromatic heterocycles. The lowest BCUT2D eigenvalue weighted by molar-refractivity contribution is 0.0531. The van der Waals surface area contributed by atoms with Crippen molar-refractivity contribution in [1.82, 2.24) is 10.6 Å². The van der Waals surface area contributed by atoms with Gasteiger partial charge in [0.2, 0.25) is 0 Å². The van der Waals surface area contributed by atoms with Crippen LogP contribution in [0.25, 0.3) is 0 Å². The van der Waals surface area contributed by atoms with Crippen LogP contribution in [0.5, 0.6) is 0 Å². The molecule has 0 spiro atoms. The molecule has 0 unspecified atom stereocenters. The molecule has 0 aliphatic carbocycles. The van der Waals surface area contributed by atoms with E-state index in [1.165, 1.54) is 5.56 Å². The van der Waals surface area contributed by atoms with Gasteiger partial charge in [-0.25, -0.2) is 0 Å². The second-order valence-corrected chi connectivity index (χ2v) is 6.09. The molecule has 0 radical (unpaired) electrons. The van der Waals surface area contributed by atoms with E-state index < -0.39 is 0 Å². The van der Waals surface area contributed by atoms with E-state index in [4.69, 9.17) is 27.8 Å². The summed E-state index contributed by atoms with van der Waals surface area (Å²) in [6, 6.07) is 8.08. The summed E-state index contributed by atoms with van der Waals surface area (Å²) in [5.41, 5.74) is 1.19. The van der Waals surface area contributed by atoms with Gasteiger partial charge >= 0.3 is 0 Å². The third-order valence-electron chi connectivity index (χ3n) is 4.13. The molecule has 2 N–H and O–H groups in total. The molecule has 4 nitrogen and oxygen atoms in total. The molecule has 0 amide bonds. The Morgan fingerprint density at radius 3 is 2.83 bits per heavy atom. The quantitative estimate of drug-likeness (QED) is 0.494. The molecular weight excluding hydrogens is 310 g/mol. The van der Waals surface area contributed by atoms with Gasteiger partial charge in [-0.05, 0) is 37.5 Å². The monoisotopic (exact) mass is 333 g/mol. The van der Waals surface area contributed by atoms with Crippen molar-refractivity contribution in [3.05, 3.63) is 34.9 Å². The third-order valence-corrected chi connectivity index (χ3v) is 4.36. The number of benzene rings is 1. The van der Waals surface area contributed by atoms with Crippen LogP contribution in [0.1, 0.15) is 25.3 Å². The summed E-state index contributed by atoms with van der Waals surface area (Å²) in [7, 11) is 0. The number of terminal acetylenes is 1. The number of ether oxygens (including phenoxy) is 1. The number of aliphatic imine (C=N–C) groups is 1. The molecule has 1 aliphatic rings. The summed E-state index contributed by atoms with van der Waals surface area (Å²) in [5, 5.41) is 7.12. The van der Waals surface area contributed by atoms with E-state index in [1.54, 1.807) is 0 Å². The summed E-state index contributed by atoms with van der Waals surface area (Å²) in [6.07, 6.45) is 7.19. The maximum Gasteiger partial charge on any atom is 0.192 e.